The van der Waals surface area contributed by atoms with Crippen LogP contribution in [0.2, 0.25) is 0 Å². The van der Waals surface area contributed by atoms with Crippen LogP contribution in [0, 0.1) is 5.92 Å². The smallest absolute Gasteiger partial charge is 0.238 e. The fraction of sp³-hybridized carbons (Fsp3) is 0.500. The molecule has 6 nitrogen and oxygen atoms in total. The third-order valence-electron chi connectivity index (χ3n) is 2.81. The minimum Gasteiger partial charge on any atom is -0.397 e. The van der Waals surface area contributed by atoms with Crippen LogP contribution in [-0.2, 0) is 14.8 Å². The highest BCUT2D eigenvalue weighted by Crippen LogP contribution is 2.22. The zero-order chi connectivity index (χ0) is 14.5. The second-order valence-corrected chi connectivity index (χ2v) is 6.12. The van der Waals surface area contributed by atoms with Crippen LogP contribution in [0.25, 0.3) is 0 Å². The topological polar surface area (TPSA) is 107 Å². The molecular formula is C12H21N3O3S. The fourth-order valence-electron chi connectivity index (χ4n) is 1.58. The number of anilines is 2. The molecule has 0 fully saturated rings. The Kier molecular flexibility index (Phi) is 5.59. The predicted octanol–water partition coefficient (Wildman–Crippen LogP) is 1.00. The minimum atomic E-state index is -3.71. The van der Waals surface area contributed by atoms with Gasteiger partial charge in [-0.15, -0.1) is 0 Å². The Morgan fingerprint density at radius 1 is 1.42 bits per heavy atom. The molecule has 1 unspecified atom stereocenters. The number of primary sulfonamides is 1. The Bertz CT molecular complexity index is 517. The van der Waals surface area contributed by atoms with Crippen molar-refractivity contribution in [3.8, 4) is 0 Å². The molecule has 7 heteroatoms. The van der Waals surface area contributed by atoms with Crippen LogP contribution in [0.3, 0.4) is 0 Å². The number of hydrogen-bond acceptors (Lipinski definition) is 5. The lowest BCUT2D eigenvalue weighted by Crippen LogP contribution is -2.15. The summed E-state index contributed by atoms with van der Waals surface area (Å²) in [6.07, 6.45) is 0.943. The minimum absolute atomic E-state index is 0.0166. The second-order valence-electron chi connectivity index (χ2n) is 4.56. The summed E-state index contributed by atoms with van der Waals surface area (Å²) in [5, 5.41) is 8.22. The highest BCUT2D eigenvalue weighted by Gasteiger charge is 2.10. The first-order valence-corrected chi connectivity index (χ1v) is 7.54. The first-order chi connectivity index (χ1) is 8.84. The first-order valence-electron chi connectivity index (χ1n) is 5.99. The van der Waals surface area contributed by atoms with Crippen molar-refractivity contribution in [3.05, 3.63) is 18.2 Å². The van der Waals surface area contributed by atoms with Gasteiger partial charge < -0.3 is 15.8 Å². The van der Waals surface area contributed by atoms with Gasteiger partial charge in [0.15, 0.2) is 0 Å². The maximum absolute atomic E-state index is 11.2. The third kappa shape index (κ3) is 5.06. The Hall–Kier alpha value is -1.31. The van der Waals surface area contributed by atoms with Gasteiger partial charge in [-0.05, 0) is 30.5 Å². The van der Waals surface area contributed by atoms with E-state index in [1.54, 1.807) is 13.2 Å². The van der Waals surface area contributed by atoms with Crippen molar-refractivity contribution in [1.82, 2.24) is 0 Å². The summed E-state index contributed by atoms with van der Waals surface area (Å²) in [7, 11) is -2.04. The van der Waals surface area contributed by atoms with E-state index in [1.807, 2.05) is 0 Å². The van der Waals surface area contributed by atoms with Gasteiger partial charge in [0.05, 0.1) is 16.3 Å². The molecule has 0 aliphatic carbocycles. The van der Waals surface area contributed by atoms with Crippen LogP contribution >= 0.6 is 0 Å². The highest BCUT2D eigenvalue weighted by atomic mass is 32.2. The molecule has 0 heterocycles. The average Bonchev–Trinajstić information content (AvgIpc) is 2.33. The normalized spacial score (nSPS) is 13.2. The van der Waals surface area contributed by atoms with E-state index in [0.717, 1.165) is 13.0 Å². The van der Waals surface area contributed by atoms with Gasteiger partial charge in [0.25, 0.3) is 0 Å². The van der Waals surface area contributed by atoms with Crippen molar-refractivity contribution in [2.45, 2.75) is 18.2 Å². The number of methoxy groups -OCH3 is 1. The van der Waals surface area contributed by atoms with Crippen molar-refractivity contribution >= 4 is 21.4 Å². The largest absolute Gasteiger partial charge is 0.397 e. The molecule has 5 N–H and O–H groups in total. The molecule has 0 radical (unpaired) electrons. The molecule has 0 saturated heterocycles. The van der Waals surface area contributed by atoms with Crippen LogP contribution in [-0.4, -0.2) is 28.7 Å². The first kappa shape index (κ1) is 15.7. The van der Waals surface area contributed by atoms with E-state index in [0.29, 0.717) is 23.9 Å². The SMILES string of the molecule is COCCC(C)CNc1ccc(S(N)(=O)=O)cc1N. The second kappa shape index (κ2) is 6.74. The number of sulfonamides is 1. The van der Waals surface area contributed by atoms with Crippen LogP contribution in [0.1, 0.15) is 13.3 Å². The van der Waals surface area contributed by atoms with E-state index >= 15 is 0 Å². The van der Waals surface area contributed by atoms with Gasteiger partial charge in [-0.2, -0.15) is 0 Å². The Morgan fingerprint density at radius 3 is 2.63 bits per heavy atom. The van der Waals surface area contributed by atoms with E-state index in [4.69, 9.17) is 15.6 Å². The Balaban J connectivity index is 2.66. The number of ether oxygens (including phenoxy) is 1. The summed E-state index contributed by atoms with van der Waals surface area (Å²) in [5.41, 5.74) is 6.87. The molecule has 1 aromatic rings. The average molecular weight is 287 g/mol. The Morgan fingerprint density at radius 2 is 2.11 bits per heavy atom. The number of benzene rings is 1. The molecule has 0 amide bonds. The Labute approximate surface area is 114 Å². The molecule has 1 rings (SSSR count). The number of nitrogen functional groups attached to an aromatic ring is 1. The van der Waals surface area contributed by atoms with Gasteiger partial charge in [-0.25, -0.2) is 13.6 Å². The van der Waals surface area contributed by atoms with Crippen LogP contribution in [0.5, 0.6) is 0 Å². The quantitative estimate of drug-likeness (QED) is 0.648. The van der Waals surface area contributed by atoms with E-state index in [-0.39, 0.29) is 4.90 Å². The molecule has 0 spiro atoms. The summed E-state index contributed by atoms with van der Waals surface area (Å²) in [4.78, 5) is 0.0166. The maximum atomic E-state index is 11.2. The predicted molar refractivity (Wildman–Crippen MR) is 76.4 cm³/mol. The third-order valence-corrected chi connectivity index (χ3v) is 3.72. The van der Waals surface area contributed by atoms with Crippen molar-refractivity contribution in [3.63, 3.8) is 0 Å². The number of rotatable bonds is 7. The zero-order valence-electron chi connectivity index (χ0n) is 11.2. The van der Waals surface area contributed by atoms with Gasteiger partial charge in [0.2, 0.25) is 10.0 Å². The van der Waals surface area contributed by atoms with Gasteiger partial charge in [0.1, 0.15) is 0 Å². The molecule has 108 valence electrons. The van der Waals surface area contributed by atoms with E-state index in [9.17, 15) is 8.42 Å². The van der Waals surface area contributed by atoms with E-state index < -0.39 is 10.0 Å². The molecule has 0 saturated carbocycles. The lowest BCUT2D eigenvalue weighted by atomic mass is 10.1. The van der Waals surface area contributed by atoms with Crippen molar-refractivity contribution in [2.75, 3.05) is 31.3 Å². The lowest BCUT2D eigenvalue weighted by Gasteiger charge is -2.15. The molecule has 0 aromatic heterocycles. The van der Waals surface area contributed by atoms with E-state index in [1.165, 1.54) is 12.1 Å². The van der Waals surface area contributed by atoms with Gasteiger partial charge in [0, 0.05) is 20.3 Å². The maximum Gasteiger partial charge on any atom is 0.238 e. The molecule has 0 bridgehead atoms. The fourth-order valence-corrected chi connectivity index (χ4v) is 2.13. The molecule has 1 aromatic carbocycles. The van der Waals surface area contributed by atoms with Gasteiger partial charge in [-0.1, -0.05) is 6.92 Å². The molecule has 19 heavy (non-hydrogen) atoms. The summed E-state index contributed by atoms with van der Waals surface area (Å²) in [6, 6.07) is 4.42. The van der Waals surface area contributed by atoms with Gasteiger partial charge >= 0.3 is 0 Å². The monoisotopic (exact) mass is 287 g/mol. The standard InChI is InChI=1S/C12H21N3O3S/c1-9(5-6-18-2)8-15-12-4-3-10(7-11(12)13)19(14,16)17/h3-4,7,9,15H,5-6,8,13H2,1-2H3,(H2,14,16,17). The van der Waals surface area contributed by atoms with Crippen LogP contribution in [0.15, 0.2) is 23.1 Å². The molecule has 0 aliphatic rings. The van der Waals surface area contributed by atoms with Crippen molar-refractivity contribution in [2.24, 2.45) is 11.1 Å². The number of hydrogen-bond donors (Lipinski definition) is 3. The number of nitrogens with one attached hydrogen (secondary N) is 1. The van der Waals surface area contributed by atoms with Crippen LogP contribution < -0.4 is 16.2 Å². The van der Waals surface area contributed by atoms with Crippen molar-refractivity contribution < 1.29 is 13.2 Å². The lowest BCUT2D eigenvalue weighted by molar-refractivity contribution is 0.182. The molecule has 1 atom stereocenters. The van der Waals surface area contributed by atoms with Gasteiger partial charge in [-0.3, -0.25) is 0 Å². The number of nitrogens with two attached hydrogens (primary N) is 2. The highest BCUT2D eigenvalue weighted by molar-refractivity contribution is 7.89. The van der Waals surface area contributed by atoms with Crippen molar-refractivity contribution in [1.29, 1.82) is 0 Å². The summed E-state index contributed by atoms with van der Waals surface area (Å²) in [5.74, 6) is 0.428. The summed E-state index contributed by atoms with van der Waals surface area (Å²) in [6.45, 7) is 3.55. The van der Waals surface area contributed by atoms with Crippen LogP contribution in [0.4, 0.5) is 11.4 Å². The summed E-state index contributed by atoms with van der Waals surface area (Å²) < 4.78 is 27.3. The molecule has 0 aliphatic heterocycles. The zero-order valence-corrected chi connectivity index (χ0v) is 12.0. The van der Waals surface area contributed by atoms with E-state index in [2.05, 4.69) is 12.2 Å². The summed E-state index contributed by atoms with van der Waals surface area (Å²) >= 11 is 0. The molecular weight excluding hydrogens is 266 g/mol.